The first-order valence-corrected chi connectivity index (χ1v) is 11.0. The van der Waals surface area contributed by atoms with E-state index in [2.05, 4.69) is 17.6 Å². The Kier molecular flexibility index (Phi) is 7.92. The molecule has 29 heavy (non-hydrogen) atoms. The van der Waals surface area contributed by atoms with Crippen molar-refractivity contribution >= 4 is 16.7 Å². The molecule has 0 radical (unpaired) electrons. The highest BCUT2D eigenvalue weighted by molar-refractivity contribution is 6.16. The van der Waals surface area contributed by atoms with Gasteiger partial charge in [0.1, 0.15) is 5.75 Å². The number of carbonyl (C=O) groups is 1. The van der Waals surface area contributed by atoms with Gasteiger partial charge in [-0.05, 0) is 24.6 Å². The molecule has 1 heterocycles. The molecule has 1 aromatic heterocycles. The number of carbonyl (C=O) groups excluding carboxylic acids is 1. The van der Waals surface area contributed by atoms with Crippen molar-refractivity contribution in [2.45, 2.75) is 64.8 Å². The van der Waals surface area contributed by atoms with Crippen LogP contribution >= 0.6 is 0 Å². The minimum atomic E-state index is 0.0507. The molecule has 3 rings (SSSR count). The summed E-state index contributed by atoms with van der Waals surface area (Å²) in [5.74, 6) is 0.758. The zero-order valence-corrected chi connectivity index (χ0v) is 17.8. The molecule has 0 aliphatic carbocycles. The van der Waals surface area contributed by atoms with Crippen LogP contribution in [0.25, 0.3) is 10.9 Å². The van der Waals surface area contributed by atoms with Crippen molar-refractivity contribution in [3.05, 3.63) is 65.9 Å². The predicted molar refractivity (Wildman–Crippen MR) is 121 cm³/mol. The third-order valence-electron chi connectivity index (χ3n) is 5.62. The van der Waals surface area contributed by atoms with Crippen molar-refractivity contribution in [1.29, 1.82) is 0 Å². The van der Waals surface area contributed by atoms with Crippen LogP contribution in [0.15, 0.2) is 54.7 Å². The fourth-order valence-corrected chi connectivity index (χ4v) is 3.95. The van der Waals surface area contributed by atoms with Gasteiger partial charge in [-0.1, -0.05) is 82.2 Å². The standard InChI is InChI=1S/C26H33NO2/c1-3-4-5-6-7-8-9-12-18-27-20-24(23-16-10-11-17-25(23)27)26(28)21-14-13-15-22(19-21)29-2/h10-11,13-17,19-20H,3-9,12,18H2,1-2H3. The third-order valence-corrected chi connectivity index (χ3v) is 5.62. The van der Waals surface area contributed by atoms with Gasteiger partial charge >= 0.3 is 0 Å². The van der Waals surface area contributed by atoms with Gasteiger partial charge in [0.05, 0.1) is 7.11 Å². The van der Waals surface area contributed by atoms with Crippen LogP contribution < -0.4 is 4.74 Å². The molecule has 0 atom stereocenters. The van der Waals surface area contributed by atoms with Gasteiger partial charge in [-0.2, -0.15) is 0 Å². The number of fused-ring (bicyclic) bond motifs is 1. The Morgan fingerprint density at radius 3 is 2.38 bits per heavy atom. The first kappa shape index (κ1) is 21.2. The lowest BCUT2D eigenvalue weighted by molar-refractivity contribution is 0.103. The van der Waals surface area contributed by atoms with E-state index in [0.29, 0.717) is 11.3 Å². The molecule has 3 aromatic rings. The smallest absolute Gasteiger partial charge is 0.195 e. The van der Waals surface area contributed by atoms with Crippen LogP contribution in [-0.4, -0.2) is 17.5 Å². The van der Waals surface area contributed by atoms with Crippen LogP contribution in [0.4, 0.5) is 0 Å². The number of nitrogens with zero attached hydrogens (tertiary/aromatic N) is 1. The maximum atomic E-state index is 13.2. The third kappa shape index (κ3) is 5.50. The predicted octanol–water partition coefficient (Wildman–Crippen LogP) is 7.02. The second-order valence-corrected chi connectivity index (χ2v) is 7.79. The topological polar surface area (TPSA) is 31.2 Å². The number of benzene rings is 2. The highest BCUT2D eigenvalue weighted by Gasteiger charge is 2.17. The fourth-order valence-electron chi connectivity index (χ4n) is 3.95. The first-order valence-electron chi connectivity index (χ1n) is 11.0. The molecular weight excluding hydrogens is 358 g/mol. The normalized spacial score (nSPS) is 11.1. The van der Waals surface area contributed by atoms with Gasteiger partial charge < -0.3 is 9.30 Å². The zero-order chi connectivity index (χ0) is 20.5. The number of ether oxygens (including phenoxy) is 1. The van der Waals surface area contributed by atoms with Gasteiger partial charge in [0.2, 0.25) is 0 Å². The highest BCUT2D eigenvalue weighted by atomic mass is 16.5. The number of ketones is 1. The van der Waals surface area contributed by atoms with Crippen LogP contribution in [0.2, 0.25) is 0 Å². The average Bonchev–Trinajstić information content (AvgIpc) is 3.14. The van der Waals surface area contributed by atoms with Crippen LogP contribution in [0.5, 0.6) is 5.75 Å². The van der Waals surface area contributed by atoms with Crippen molar-refractivity contribution in [2.75, 3.05) is 7.11 Å². The average molecular weight is 392 g/mol. The fraction of sp³-hybridized carbons (Fsp3) is 0.423. The van der Waals surface area contributed by atoms with Crippen molar-refractivity contribution in [1.82, 2.24) is 4.57 Å². The Hall–Kier alpha value is -2.55. The van der Waals surface area contributed by atoms with E-state index in [4.69, 9.17) is 4.74 Å². The highest BCUT2D eigenvalue weighted by Crippen LogP contribution is 2.26. The van der Waals surface area contributed by atoms with E-state index < -0.39 is 0 Å². The largest absolute Gasteiger partial charge is 0.497 e. The van der Waals surface area contributed by atoms with E-state index in [1.807, 2.05) is 48.7 Å². The summed E-state index contributed by atoms with van der Waals surface area (Å²) in [6, 6.07) is 15.6. The second-order valence-electron chi connectivity index (χ2n) is 7.79. The Balaban J connectivity index is 1.68. The summed E-state index contributed by atoms with van der Waals surface area (Å²) < 4.78 is 7.53. The number of hydrogen-bond acceptors (Lipinski definition) is 2. The number of rotatable bonds is 12. The van der Waals surface area contributed by atoms with Crippen molar-refractivity contribution in [3.63, 3.8) is 0 Å². The number of para-hydroxylation sites is 1. The van der Waals surface area contributed by atoms with E-state index in [9.17, 15) is 4.79 Å². The first-order chi connectivity index (χ1) is 14.2. The molecule has 0 N–H and O–H groups in total. The summed E-state index contributed by atoms with van der Waals surface area (Å²) in [4.78, 5) is 13.2. The monoisotopic (exact) mass is 391 g/mol. The van der Waals surface area contributed by atoms with Crippen LogP contribution in [-0.2, 0) is 6.54 Å². The molecule has 0 unspecified atom stereocenters. The Morgan fingerprint density at radius 2 is 1.62 bits per heavy atom. The Bertz CT molecular complexity index is 925. The summed E-state index contributed by atoms with van der Waals surface area (Å²) in [6.07, 6.45) is 12.5. The molecule has 0 saturated heterocycles. The molecular formula is C26H33NO2. The minimum Gasteiger partial charge on any atom is -0.497 e. The molecule has 0 amide bonds. The SMILES string of the molecule is CCCCCCCCCCn1cc(C(=O)c2cccc(OC)c2)c2ccccc21. The molecule has 3 heteroatoms. The lowest BCUT2D eigenvalue weighted by Gasteiger charge is -2.05. The Labute approximate surface area is 174 Å². The lowest BCUT2D eigenvalue weighted by atomic mass is 10.0. The van der Waals surface area contributed by atoms with E-state index in [-0.39, 0.29) is 5.78 Å². The van der Waals surface area contributed by atoms with E-state index >= 15 is 0 Å². The molecule has 0 aliphatic heterocycles. The van der Waals surface area contributed by atoms with Gasteiger partial charge in [-0.25, -0.2) is 0 Å². The quantitative estimate of drug-likeness (QED) is 0.245. The summed E-state index contributed by atoms with van der Waals surface area (Å²) in [6.45, 7) is 3.22. The number of methoxy groups -OCH3 is 1. The Morgan fingerprint density at radius 1 is 0.897 bits per heavy atom. The number of aryl methyl sites for hydroxylation is 1. The molecule has 0 saturated carbocycles. The molecule has 2 aromatic carbocycles. The second kappa shape index (κ2) is 10.8. The molecule has 0 aliphatic rings. The van der Waals surface area contributed by atoms with E-state index in [1.165, 1.54) is 44.9 Å². The van der Waals surface area contributed by atoms with Gasteiger partial charge in [0.25, 0.3) is 0 Å². The van der Waals surface area contributed by atoms with Crippen molar-refractivity contribution in [3.8, 4) is 5.75 Å². The molecule has 3 nitrogen and oxygen atoms in total. The van der Waals surface area contributed by atoms with Crippen LogP contribution in [0.3, 0.4) is 0 Å². The van der Waals surface area contributed by atoms with Gasteiger partial charge in [0.15, 0.2) is 5.78 Å². The van der Waals surface area contributed by atoms with Gasteiger partial charge in [0, 0.05) is 34.8 Å². The summed E-state index contributed by atoms with van der Waals surface area (Å²) >= 11 is 0. The zero-order valence-electron chi connectivity index (χ0n) is 17.8. The summed E-state index contributed by atoms with van der Waals surface area (Å²) in [5.41, 5.74) is 2.58. The van der Waals surface area contributed by atoms with Gasteiger partial charge in [-0.15, -0.1) is 0 Å². The molecule has 154 valence electrons. The molecule has 0 bridgehead atoms. The summed E-state index contributed by atoms with van der Waals surface area (Å²) in [7, 11) is 1.62. The summed E-state index contributed by atoms with van der Waals surface area (Å²) in [5, 5.41) is 1.03. The maximum Gasteiger partial charge on any atom is 0.195 e. The molecule has 0 spiro atoms. The number of unbranched alkanes of at least 4 members (excludes halogenated alkanes) is 7. The van der Waals surface area contributed by atoms with Crippen LogP contribution in [0, 0.1) is 0 Å². The van der Waals surface area contributed by atoms with E-state index in [1.54, 1.807) is 7.11 Å². The van der Waals surface area contributed by atoms with E-state index in [0.717, 1.165) is 29.4 Å². The van der Waals surface area contributed by atoms with Crippen molar-refractivity contribution in [2.24, 2.45) is 0 Å². The lowest BCUT2D eigenvalue weighted by Crippen LogP contribution is -2.01. The number of aromatic nitrogens is 1. The minimum absolute atomic E-state index is 0.0507. The number of hydrogen-bond donors (Lipinski definition) is 0. The van der Waals surface area contributed by atoms with Gasteiger partial charge in [-0.3, -0.25) is 4.79 Å². The van der Waals surface area contributed by atoms with Crippen molar-refractivity contribution < 1.29 is 9.53 Å². The maximum absolute atomic E-state index is 13.2. The molecule has 0 fully saturated rings. The van der Waals surface area contributed by atoms with Crippen LogP contribution in [0.1, 0.15) is 74.2 Å².